The second-order valence-electron chi connectivity index (χ2n) is 2.84. The second kappa shape index (κ2) is 3.54. The summed E-state index contributed by atoms with van der Waals surface area (Å²) in [7, 11) is 0. The van der Waals surface area contributed by atoms with Gasteiger partial charge in [-0.05, 0) is 0 Å². The largest absolute Gasteiger partial charge is 0.391 e. The van der Waals surface area contributed by atoms with Crippen LogP contribution in [-0.2, 0) is 20.9 Å². The van der Waals surface area contributed by atoms with Crippen molar-refractivity contribution in [3.8, 4) is 0 Å². The van der Waals surface area contributed by atoms with E-state index in [0.29, 0.717) is 12.4 Å². The Bertz CT molecular complexity index is 332. The van der Waals surface area contributed by atoms with Crippen LogP contribution in [0.2, 0.25) is 0 Å². The number of carbonyl (C=O) groups excluding carboxylic acids is 2. The molecule has 1 aromatic heterocycles. The van der Waals surface area contributed by atoms with Crippen LogP contribution >= 0.6 is 0 Å². The van der Waals surface area contributed by atoms with E-state index in [4.69, 9.17) is 0 Å². The third kappa shape index (κ3) is 1.94. The summed E-state index contributed by atoms with van der Waals surface area (Å²) in [5.74, 6) is -0.665. The van der Waals surface area contributed by atoms with Gasteiger partial charge in [0.25, 0.3) is 0 Å². The molecule has 0 saturated carbocycles. The Morgan fingerprint density at radius 3 is 2.64 bits per heavy atom. The van der Waals surface area contributed by atoms with Crippen LogP contribution in [-0.4, -0.2) is 40.1 Å². The number of ether oxygens (including phenoxy) is 1. The van der Waals surface area contributed by atoms with Crippen molar-refractivity contribution in [1.29, 1.82) is 0 Å². The molecule has 0 aromatic carbocycles. The molecule has 0 N–H and O–H groups in total. The molecule has 0 spiro atoms. The van der Waals surface area contributed by atoms with Crippen LogP contribution in [0.4, 0.5) is 0 Å². The van der Waals surface area contributed by atoms with Crippen LogP contribution in [0.15, 0.2) is 10.9 Å². The molecule has 0 unspecified atom stereocenters. The number of morpholine rings is 1. The molecule has 7 heteroatoms. The molecular weight excluding hydrogens is 190 g/mol. The van der Waals surface area contributed by atoms with Crippen LogP contribution in [0.25, 0.3) is 0 Å². The Morgan fingerprint density at radius 1 is 1.36 bits per heavy atom. The summed E-state index contributed by atoms with van der Waals surface area (Å²) in [4.78, 5) is 27.1. The maximum atomic E-state index is 10.9. The Labute approximate surface area is 78.6 Å². The van der Waals surface area contributed by atoms with Crippen LogP contribution in [0.1, 0.15) is 5.82 Å². The third-order valence-electron chi connectivity index (χ3n) is 1.71. The summed E-state index contributed by atoms with van der Waals surface area (Å²) in [6, 6.07) is 0. The number of nitrogens with zero attached hydrogens (tertiary/aromatic N) is 3. The van der Waals surface area contributed by atoms with E-state index in [0.717, 1.165) is 0 Å². The molecule has 1 aromatic rings. The zero-order valence-corrected chi connectivity index (χ0v) is 7.17. The number of cyclic esters (lactones) is 2. The van der Waals surface area contributed by atoms with E-state index in [9.17, 15) is 9.59 Å². The third-order valence-corrected chi connectivity index (χ3v) is 1.71. The van der Waals surface area contributed by atoms with E-state index < -0.39 is 11.9 Å². The van der Waals surface area contributed by atoms with Gasteiger partial charge in [0.1, 0.15) is 0 Å². The fraction of sp³-hybridized carbons (Fsp3) is 0.429. The highest BCUT2D eigenvalue weighted by molar-refractivity contribution is 5.90. The van der Waals surface area contributed by atoms with Crippen molar-refractivity contribution in [2.45, 2.75) is 6.54 Å². The smallest absolute Gasteiger partial charge is 0.327 e. The van der Waals surface area contributed by atoms with E-state index in [-0.39, 0.29) is 13.1 Å². The quantitative estimate of drug-likeness (QED) is 0.442. The highest BCUT2D eigenvalue weighted by Gasteiger charge is 2.25. The molecule has 1 fully saturated rings. The van der Waals surface area contributed by atoms with Crippen molar-refractivity contribution in [3.63, 3.8) is 0 Å². The minimum Gasteiger partial charge on any atom is -0.391 e. The summed E-state index contributed by atoms with van der Waals surface area (Å²) in [5, 5.41) is 3.57. The van der Waals surface area contributed by atoms with Crippen LogP contribution < -0.4 is 0 Å². The second-order valence-corrected chi connectivity index (χ2v) is 2.84. The zero-order valence-electron chi connectivity index (χ0n) is 7.17. The molecule has 0 atom stereocenters. The minimum atomic E-state index is -0.551. The summed E-state index contributed by atoms with van der Waals surface area (Å²) in [6.45, 7) is 0.442. The van der Waals surface area contributed by atoms with Crippen LogP contribution in [0.3, 0.4) is 0 Å². The van der Waals surface area contributed by atoms with Gasteiger partial charge in [0.2, 0.25) is 6.39 Å². The predicted octanol–water partition coefficient (Wildman–Crippen LogP) is -1.05. The first-order chi connectivity index (χ1) is 6.74. The first-order valence-corrected chi connectivity index (χ1v) is 3.95. The van der Waals surface area contributed by atoms with Gasteiger partial charge in [-0.25, -0.2) is 0 Å². The SMILES string of the molecule is O=C1CN(Cc2ncon2)CC(=O)O1. The summed E-state index contributed by atoms with van der Waals surface area (Å²) < 4.78 is 8.87. The lowest BCUT2D eigenvalue weighted by Crippen LogP contribution is -2.42. The summed E-state index contributed by atoms with van der Waals surface area (Å²) >= 11 is 0. The van der Waals surface area contributed by atoms with Crippen molar-refractivity contribution >= 4 is 11.9 Å². The summed E-state index contributed by atoms with van der Waals surface area (Å²) in [5.41, 5.74) is 0. The molecule has 1 aliphatic rings. The molecule has 0 radical (unpaired) electrons. The maximum Gasteiger partial charge on any atom is 0.327 e. The van der Waals surface area contributed by atoms with Gasteiger partial charge in [0.05, 0.1) is 19.6 Å². The first kappa shape index (κ1) is 8.82. The molecule has 7 nitrogen and oxygen atoms in total. The molecule has 74 valence electrons. The number of esters is 2. The Morgan fingerprint density at radius 2 is 2.07 bits per heavy atom. The molecule has 0 bridgehead atoms. The van der Waals surface area contributed by atoms with Crippen molar-refractivity contribution in [2.24, 2.45) is 0 Å². The highest BCUT2D eigenvalue weighted by atomic mass is 16.6. The number of hydrogen-bond acceptors (Lipinski definition) is 7. The van der Waals surface area contributed by atoms with E-state index in [1.807, 2.05) is 0 Å². The van der Waals surface area contributed by atoms with E-state index in [1.165, 1.54) is 6.39 Å². The monoisotopic (exact) mass is 197 g/mol. The van der Waals surface area contributed by atoms with Gasteiger partial charge in [-0.1, -0.05) is 5.16 Å². The Balaban J connectivity index is 1.98. The number of rotatable bonds is 2. The van der Waals surface area contributed by atoms with Gasteiger partial charge in [-0.3, -0.25) is 14.5 Å². The van der Waals surface area contributed by atoms with Gasteiger partial charge in [-0.2, -0.15) is 4.98 Å². The average Bonchev–Trinajstić information content (AvgIpc) is 2.54. The zero-order chi connectivity index (χ0) is 9.97. The molecule has 1 aliphatic heterocycles. The van der Waals surface area contributed by atoms with E-state index in [2.05, 4.69) is 19.4 Å². The summed E-state index contributed by atoms with van der Waals surface area (Å²) in [6.07, 6.45) is 1.19. The minimum absolute atomic E-state index is 0.0697. The van der Waals surface area contributed by atoms with Crippen molar-refractivity contribution in [2.75, 3.05) is 13.1 Å². The Kier molecular flexibility index (Phi) is 2.23. The van der Waals surface area contributed by atoms with Gasteiger partial charge in [0, 0.05) is 0 Å². The number of aromatic nitrogens is 2. The van der Waals surface area contributed by atoms with Gasteiger partial charge < -0.3 is 9.26 Å². The van der Waals surface area contributed by atoms with E-state index >= 15 is 0 Å². The molecule has 0 aliphatic carbocycles. The molecule has 2 heterocycles. The van der Waals surface area contributed by atoms with Gasteiger partial charge in [-0.15, -0.1) is 0 Å². The van der Waals surface area contributed by atoms with Crippen molar-refractivity contribution in [1.82, 2.24) is 15.0 Å². The van der Waals surface area contributed by atoms with Gasteiger partial charge in [0.15, 0.2) is 5.82 Å². The number of hydrogen-bond donors (Lipinski definition) is 0. The fourth-order valence-corrected chi connectivity index (χ4v) is 1.19. The fourth-order valence-electron chi connectivity index (χ4n) is 1.19. The standard InChI is InChI=1S/C7H7N3O4/c11-6-2-10(3-7(12)14-6)1-5-8-4-13-9-5/h4H,1-3H2. The first-order valence-electron chi connectivity index (χ1n) is 3.95. The van der Waals surface area contributed by atoms with Crippen LogP contribution in [0, 0.1) is 0 Å². The lowest BCUT2D eigenvalue weighted by Gasteiger charge is -2.22. The molecule has 14 heavy (non-hydrogen) atoms. The van der Waals surface area contributed by atoms with Crippen molar-refractivity contribution in [3.05, 3.63) is 12.2 Å². The average molecular weight is 197 g/mol. The highest BCUT2D eigenvalue weighted by Crippen LogP contribution is 2.03. The van der Waals surface area contributed by atoms with E-state index in [1.54, 1.807) is 4.90 Å². The molecule has 0 amide bonds. The maximum absolute atomic E-state index is 10.9. The lowest BCUT2D eigenvalue weighted by atomic mass is 10.4. The van der Waals surface area contributed by atoms with Gasteiger partial charge >= 0.3 is 11.9 Å². The topological polar surface area (TPSA) is 85.5 Å². The number of carbonyl (C=O) groups is 2. The lowest BCUT2D eigenvalue weighted by molar-refractivity contribution is -0.167. The molecule has 2 rings (SSSR count). The van der Waals surface area contributed by atoms with Crippen LogP contribution in [0.5, 0.6) is 0 Å². The molecule has 1 saturated heterocycles. The predicted molar refractivity (Wildman–Crippen MR) is 40.7 cm³/mol. The van der Waals surface area contributed by atoms with Crippen molar-refractivity contribution < 1.29 is 18.8 Å². The molecular formula is C7H7N3O4. The normalized spacial score (nSPS) is 18.3. The Hall–Kier alpha value is -1.76.